The highest BCUT2D eigenvalue weighted by Gasteiger charge is 2.16. The molecule has 1 aromatic carbocycles. The van der Waals surface area contributed by atoms with Crippen LogP contribution in [0.4, 0.5) is 0 Å². The van der Waals surface area contributed by atoms with Gasteiger partial charge in [-0.15, -0.1) is 0 Å². The zero-order valence-electron chi connectivity index (χ0n) is 9.87. The molecule has 2 aromatic rings. The zero-order chi connectivity index (χ0) is 12.6. The van der Waals surface area contributed by atoms with Crippen molar-refractivity contribution in [1.29, 1.82) is 0 Å². The molecule has 2 rings (SSSR count). The largest absolute Gasteiger partial charge is 0.428 e. The van der Waals surface area contributed by atoms with Gasteiger partial charge in [0.1, 0.15) is 5.52 Å². The lowest BCUT2D eigenvalue weighted by Gasteiger charge is -2.20. The molecule has 0 spiro atoms. The fraction of sp³-hybridized carbons (Fsp3) is 0.333. The standard InChI is InChI=1S/C12H13ClN2O2/c1-12(2,3)15-10(16)7-4-5-8-9(6-7)17-11(13)14-8/h4-6H,1-3H3,(H,15,16). The Morgan fingerprint density at radius 2 is 2.12 bits per heavy atom. The van der Waals surface area contributed by atoms with Crippen molar-refractivity contribution in [2.24, 2.45) is 0 Å². The Hall–Kier alpha value is -1.55. The Labute approximate surface area is 104 Å². The number of carbonyl (C=O) groups excluding carboxylic acids is 1. The number of carbonyl (C=O) groups is 1. The van der Waals surface area contributed by atoms with E-state index in [1.165, 1.54) is 0 Å². The quantitative estimate of drug-likeness (QED) is 0.849. The number of benzene rings is 1. The third kappa shape index (κ3) is 2.77. The second kappa shape index (κ2) is 4.04. The SMILES string of the molecule is CC(C)(C)NC(=O)c1ccc2nc(Cl)oc2c1. The third-order valence-corrected chi connectivity index (χ3v) is 2.27. The Morgan fingerprint density at radius 1 is 1.41 bits per heavy atom. The summed E-state index contributed by atoms with van der Waals surface area (Å²) in [5.74, 6) is -0.146. The smallest absolute Gasteiger partial charge is 0.293 e. The number of nitrogens with zero attached hydrogens (tertiary/aromatic N) is 1. The summed E-state index contributed by atoms with van der Waals surface area (Å²) < 4.78 is 5.16. The van der Waals surface area contributed by atoms with Crippen LogP contribution in [0.1, 0.15) is 31.1 Å². The Bertz CT molecular complexity index is 569. The number of oxazole rings is 1. The first-order valence-electron chi connectivity index (χ1n) is 5.24. The van der Waals surface area contributed by atoms with Gasteiger partial charge in [0, 0.05) is 11.1 Å². The minimum atomic E-state index is -0.273. The highest BCUT2D eigenvalue weighted by molar-refractivity contribution is 6.28. The monoisotopic (exact) mass is 252 g/mol. The Balaban J connectivity index is 2.33. The number of rotatable bonds is 1. The normalized spacial score (nSPS) is 11.8. The van der Waals surface area contributed by atoms with E-state index < -0.39 is 0 Å². The van der Waals surface area contributed by atoms with Crippen LogP contribution in [0.2, 0.25) is 5.35 Å². The summed E-state index contributed by atoms with van der Waals surface area (Å²) in [6, 6.07) is 5.04. The van der Waals surface area contributed by atoms with Gasteiger partial charge in [-0.1, -0.05) is 0 Å². The van der Waals surface area contributed by atoms with Crippen molar-refractivity contribution in [2.75, 3.05) is 0 Å². The summed E-state index contributed by atoms with van der Waals surface area (Å²) in [7, 11) is 0. The van der Waals surface area contributed by atoms with E-state index in [2.05, 4.69) is 10.3 Å². The van der Waals surface area contributed by atoms with Crippen LogP contribution in [0.3, 0.4) is 0 Å². The van der Waals surface area contributed by atoms with Gasteiger partial charge in [-0.25, -0.2) is 0 Å². The van der Waals surface area contributed by atoms with Gasteiger partial charge >= 0.3 is 0 Å². The van der Waals surface area contributed by atoms with E-state index in [1.54, 1.807) is 18.2 Å². The number of hydrogen-bond acceptors (Lipinski definition) is 3. The molecule has 0 aliphatic carbocycles. The van der Waals surface area contributed by atoms with E-state index in [0.29, 0.717) is 16.7 Å². The fourth-order valence-electron chi connectivity index (χ4n) is 1.45. The van der Waals surface area contributed by atoms with Gasteiger partial charge in [-0.2, -0.15) is 4.98 Å². The van der Waals surface area contributed by atoms with Crippen LogP contribution in [0.5, 0.6) is 0 Å². The second-order valence-electron chi connectivity index (χ2n) is 4.85. The Morgan fingerprint density at radius 3 is 2.76 bits per heavy atom. The van der Waals surface area contributed by atoms with Crippen LogP contribution in [-0.2, 0) is 0 Å². The molecule has 5 heteroatoms. The lowest BCUT2D eigenvalue weighted by molar-refractivity contribution is 0.0919. The van der Waals surface area contributed by atoms with Crippen molar-refractivity contribution < 1.29 is 9.21 Å². The van der Waals surface area contributed by atoms with Gasteiger partial charge in [0.2, 0.25) is 0 Å². The predicted octanol–water partition coefficient (Wildman–Crippen LogP) is 3.01. The second-order valence-corrected chi connectivity index (χ2v) is 5.18. The zero-order valence-corrected chi connectivity index (χ0v) is 10.6. The molecule has 4 nitrogen and oxygen atoms in total. The molecule has 0 fully saturated rings. The van der Waals surface area contributed by atoms with Crippen LogP contribution >= 0.6 is 11.6 Å². The van der Waals surface area contributed by atoms with Crippen LogP contribution < -0.4 is 5.32 Å². The first-order chi connectivity index (χ1) is 7.85. The molecular formula is C12H13ClN2O2. The van der Waals surface area contributed by atoms with Gasteiger partial charge in [0.15, 0.2) is 5.58 Å². The molecule has 1 aromatic heterocycles. The van der Waals surface area contributed by atoms with Crippen molar-refractivity contribution >= 4 is 28.6 Å². The van der Waals surface area contributed by atoms with Crippen LogP contribution in [0.25, 0.3) is 11.1 Å². The number of aromatic nitrogens is 1. The number of fused-ring (bicyclic) bond motifs is 1. The van der Waals surface area contributed by atoms with E-state index >= 15 is 0 Å². The molecular weight excluding hydrogens is 240 g/mol. The molecule has 0 atom stereocenters. The maximum absolute atomic E-state index is 11.9. The average molecular weight is 253 g/mol. The highest BCUT2D eigenvalue weighted by atomic mass is 35.5. The van der Waals surface area contributed by atoms with Crippen LogP contribution in [0.15, 0.2) is 22.6 Å². The molecule has 0 aliphatic rings. The van der Waals surface area contributed by atoms with Crippen LogP contribution in [-0.4, -0.2) is 16.4 Å². The molecule has 0 saturated heterocycles. The summed E-state index contributed by atoms with van der Waals surface area (Å²) in [4.78, 5) is 15.9. The van der Waals surface area contributed by atoms with Gasteiger partial charge in [-0.05, 0) is 50.6 Å². The summed E-state index contributed by atoms with van der Waals surface area (Å²) in [6.07, 6.45) is 0. The maximum Gasteiger partial charge on any atom is 0.293 e. The lowest BCUT2D eigenvalue weighted by Crippen LogP contribution is -2.40. The average Bonchev–Trinajstić information content (AvgIpc) is 2.53. The molecule has 0 saturated carbocycles. The summed E-state index contributed by atoms with van der Waals surface area (Å²) in [5.41, 5.74) is 1.41. The Kier molecular flexibility index (Phi) is 2.83. The van der Waals surface area contributed by atoms with E-state index in [4.69, 9.17) is 16.0 Å². The molecule has 0 unspecified atom stereocenters. The summed E-state index contributed by atoms with van der Waals surface area (Å²) in [5, 5.41) is 2.95. The topological polar surface area (TPSA) is 55.1 Å². The minimum absolute atomic E-state index is 0.0772. The van der Waals surface area contributed by atoms with Gasteiger partial charge in [0.25, 0.3) is 11.3 Å². The van der Waals surface area contributed by atoms with Gasteiger partial charge in [-0.3, -0.25) is 4.79 Å². The first-order valence-corrected chi connectivity index (χ1v) is 5.61. The van der Waals surface area contributed by atoms with Crippen molar-refractivity contribution in [3.8, 4) is 0 Å². The third-order valence-electron chi connectivity index (χ3n) is 2.11. The van der Waals surface area contributed by atoms with E-state index in [1.807, 2.05) is 20.8 Å². The first kappa shape index (κ1) is 11.9. The van der Waals surface area contributed by atoms with Gasteiger partial charge < -0.3 is 9.73 Å². The van der Waals surface area contributed by atoms with Crippen LogP contribution in [0, 0.1) is 0 Å². The number of amides is 1. The molecule has 90 valence electrons. The molecule has 0 bridgehead atoms. The number of nitrogens with one attached hydrogen (secondary N) is 1. The van der Waals surface area contributed by atoms with Crippen molar-refractivity contribution in [1.82, 2.24) is 10.3 Å². The van der Waals surface area contributed by atoms with E-state index in [0.717, 1.165) is 0 Å². The van der Waals surface area contributed by atoms with E-state index in [-0.39, 0.29) is 16.8 Å². The minimum Gasteiger partial charge on any atom is -0.428 e. The maximum atomic E-state index is 11.9. The molecule has 17 heavy (non-hydrogen) atoms. The van der Waals surface area contributed by atoms with Crippen molar-refractivity contribution in [3.63, 3.8) is 0 Å². The van der Waals surface area contributed by atoms with Crippen molar-refractivity contribution in [3.05, 3.63) is 29.1 Å². The summed E-state index contributed by atoms with van der Waals surface area (Å²) >= 11 is 5.64. The fourth-order valence-corrected chi connectivity index (χ4v) is 1.62. The predicted molar refractivity (Wildman–Crippen MR) is 66.2 cm³/mol. The summed E-state index contributed by atoms with van der Waals surface area (Å²) in [6.45, 7) is 5.78. The molecule has 0 aliphatic heterocycles. The number of hydrogen-bond donors (Lipinski definition) is 1. The lowest BCUT2D eigenvalue weighted by atomic mass is 10.1. The molecule has 1 heterocycles. The molecule has 1 N–H and O–H groups in total. The van der Waals surface area contributed by atoms with Gasteiger partial charge in [0.05, 0.1) is 0 Å². The molecule has 1 amide bonds. The number of halogens is 1. The molecule has 0 radical (unpaired) electrons. The van der Waals surface area contributed by atoms with E-state index in [9.17, 15) is 4.79 Å². The van der Waals surface area contributed by atoms with Crippen molar-refractivity contribution in [2.45, 2.75) is 26.3 Å². The highest BCUT2D eigenvalue weighted by Crippen LogP contribution is 2.20.